The van der Waals surface area contributed by atoms with Crippen molar-refractivity contribution in [3.8, 4) is 5.88 Å². The van der Waals surface area contributed by atoms with Gasteiger partial charge in [-0.25, -0.2) is 0 Å². The minimum Gasteiger partial charge on any atom is -0.476 e. The molecule has 4 heteroatoms. The number of anilines is 1. The van der Waals surface area contributed by atoms with E-state index >= 15 is 0 Å². The van der Waals surface area contributed by atoms with E-state index in [4.69, 9.17) is 4.74 Å². The van der Waals surface area contributed by atoms with Crippen LogP contribution in [0.3, 0.4) is 0 Å². The van der Waals surface area contributed by atoms with E-state index in [9.17, 15) is 0 Å². The number of pyridine rings is 1. The third kappa shape index (κ3) is 2.09. The van der Waals surface area contributed by atoms with Crippen molar-refractivity contribution in [2.24, 2.45) is 0 Å². The Balaban J connectivity index is 1.83. The molecule has 1 aliphatic heterocycles. The Morgan fingerprint density at radius 2 is 2.29 bits per heavy atom. The van der Waals surface area contributed by atoms with Crippen molar-refractivity contribution >= 4 is 5.82 Å². The number of ether oxygens (including phenoxy) is 1. The second kappa shape index (κ2) is 4.53. The lowest BCUT2D eigenvalue weighted by molar-refractivity contribution is 0.313. The molecular weight excluding hydrogens is 214 g/mol. The summed E-state index contributed by atoms with van der Waals surface area (Å²) in [5, 5.41) is 3.32. The molecule has 2 aliphatic rings. The van der Waals surface area contributed by atoms with Crippen LogP contribution >= 0.6 is 0 Å². The molecule has 0 aromatic carbocycles. The summed E-state index contributed by atoms with van der Waals surface area (Å²) in [7, 11) is 2.13. The Morgan fingerprint density at radius 3 is 3.06 bits per heavy atom. The average molecular weight is 233 g/mol. The van der Waals surface area contributed by atoms with Gasteiger partial charge in [-0.1, -0.05) is 0 Å². The molecular formula is C13H19N3O. The Bertz CT molecular complexity index is 404. The fraction of sp³-hybridized carbons (Fsp3) is 0.615. The number of hydrogen-bond donors (Lipinski definition) is 1. The SMILES string of the molecule is CN(c1ccc2c(n1)OCCNC2)C1CCC1. The highest BCUT2D eigenvalue weighted by Gasteiger charge is 2.23. The summed E-state index contributed by atoms with van der Waals surface area (Å²) in [6, 6.07) is 4.91. The molecule has 1 aromatic rings. The van der Waals surface area contributed by atoms with Gasteiger partial charge in [0.2, 0.25) is 5.88 Å². The highest BCUT2D eigenvalue weighted by atomic mass is 16.5. The normalized spacial score (nSPS) is 19.8. The van der Waals surface area contributed by atoms with Crippen LogP contribution in [0.2, 0.25) is 0 Å². The van der Waals surface area contributed by atoms with Gasteiger partial charge in [0.1, 0.15) is 12.4 Å². The minimum atomic E-state index is 0.671. The van der Waals surface area contributed by atoms with E-state index in [0.717, 1.165) is 30.4 Å². The van der Waals surface area contributed by atoms with Crippen molar-refractivity contribution in [2.45, 2.75) is 31.8 Å². The van der Waals surface area contributed by atoms with Crippen LogP contribution in [0.15, 0.2) is 12.1 Å². The van der Waals surface area contributed by atoms with E-state index < -0.39 is 0 Å². The van der Waals surface area contributed by atoms with Gasteiger partial charge >= 0.3 is 0 Å². The van der Waals surface area contributed by atoms with Crippen molar-refractivity contribution in [1.29, 1.82) is 0 Å². The summed E-state index contributed by atoms with van der Waals surface area (Å²) < 4.78 is 5.67. The van der Waals surface area contributed by atoms with E-state index in [1.807, 2.05) is 0 Å². The lowest BCUT2D eigenvalue weighted by Gasteiger charge is -2.35. The summed E-state index contributed by atoms with van der Waals surface area (Å²) in [5.41, 5.74) is 1.16. The first kappa shape index (κ1) is 10.8. The molecule has 0 spiro atoms. The van der Waals surface area contributed by atoms with Crippen molar-refractivity contribution in [1.82, 2.24) is 10.3 Å². The van der Waals surface area contributed by atoms with Crippen LogP contribution in [0.1, 0.15) is 24.8 Å². The number of rotatable bonds is 2. The monoisotopic (exact) mass is 233 g/mol. The van der Waals surface area contributed by atoms with Crippen LogP contribution in [0.25, 0.3) is 0 Å². The largest absolute Gasteiger partial charge is 0.476 e. The van der Waals surface area contributed by atoms with Crippen molar-refractivity contribution in [2.75, 3.05) is 25.1 Å². The van der Waals surface area contributed by atoms with Gasteiger partial charge in [0.25, 0.3) is 0 Å². The van der Waals surface area contributed by atoms with Gasteiger partial charge < -0.3 is 15.0 Å². The highest BCUT2D eigenvalue weighted by molar-refractivity contribution is 5.45. The highest BCUT2D eigenvalue weighted by Crippen LogP contribution is 2.29. The standard InChI is InChI=1S/C13H19N3O/c1-16(11-3-2-4-11)12-6-5-10-9-14-7-8-17-13(10)15-12/h5-6,11,14H,2-4,7-9H2,1H3. The van der Waals surface area contributed by atoms with Crippen LogP contribution < -0.4 is 15.0 Å². The molecule has 3 rings (SSSR count). The summed E-state index contributed by atoms with van der Waals surface area (Å²) in [5.74, 6) is 1.84. The van der Waals surface area contributed by atoms with E-state index in [1.54, 1.807) is 0 Å². The first-order chi connectivity index (χ1) is 8.34. The molecule has 1 fully saturated rings. The Kier molecular flexibility index (Phi) is 2.89. The fourth-order valence-corrected chi connectivity index (χ4v) is 2.32. The fourth-order valence-electron chi connectivity index (χ4n) is 2.32. The third-order valence-electron chi connectivity index (χ3n) is 3.74. The van der Waals surface area contributed by atoms with Crippen molar-refractivity contribution < 1.29 is 4.74 Å². The van der Waals surface area contributed by atoms with Crippen LogP contribution in [-0.2, 0) is 6.54 Å². The molecule has 0 radical (unpaired) electrons. The summed E-state index contributed by atoms with van der Waals surface area (Å²) in [6.07, 6.45) is 3.93. The van der Waals surface area contributed by atoms with Crippen molar-refractivity contribution in [3.05, 3.63) is 17.7 Å². The molecule has 17 heavy (non-hydrogen) atoms. The van der Waals surface area contributed by atoms with Gasteiger partial charge in [-0.3, -0.25) is 0 Å². The number of hydrogen-bond acceptors (Lipinski definition) is 4. The summed E-state index contributed by atoms with van der Waals surface area (Å²) in [4.78, 5) is 6.92. The summed E-state index contributed by atoms with van der Waals surface area (Å²) >= 11 is 0. The van der Waals surface area contributed by atoms with Gasteiger partial charge in [-0.2, -0.15) is 4.98 Å². The number of fused-ring (bicyclic) bond motifs is 1. The Labute approximate surface area is 102 Å². The van der Waals surface area contributed by atoms with E-state index in [2.05, 4.69) is 34.4 Å². The Morgan fingerprint density at radius 1 is 1.41 bits per heavy atom. The first-order valence-electron chi connectivity index (χ1n) is 6.41. The summed E-state index contributed by atoms with van der Waals surface area (Å²) in [6.45, 7) is 2.45. The maximum absolute atomic E-state index is 5.67. The molecule has 1 aliphatic carbocycles. The number of nitrogens with one attached hydrogen (secondary N) is 1. The predicted molar refractivity (Wildman–Crippen MR) is 67.5 cm³/mol. The zero-order valence-corrected chi connectivity index (χ0v) is 10.3. The van der Waals surface area contributed by atoms with Gasteiger partial charge in [0.05, 0.1) is 0 Å². The first-order valence-corrected chi connectivity index (χ1v) is 6.41. The Hall–Kier alpha value is -1.29. The van der Waals surface area contributed by atoms with Crippen LogP contribution in [-0.4, -0.2) is 31.2 Å². The third-order valence-corrected chi connectivity index (χ3v) is 3.74. The molecule has 0 bridgehead atoms. The maximum Gasteiger partial charge on any atom is 0.219 e. The van der Waals surface area contributed by atoms with Gasteiger partial charge in [-0.15, -0.1) is 0 Å². The van der Waals surface area contributed by atoms with E-state index in [-0.39, 0.29) is 0 Å². The van der Waals surface area contributed by atoms with E-state index in [1.165, 1.54) is 19.3 Å². The quantitative estimate of drug-likeness (QED) is 0.841. The second-order valence-electron chi connectivity index (χ2n) is 4.85. The molecule has 0 saturated heterocycles. The zero-order chi connectivity index (χ0) is 11.7. The van der Waals surface area contributed by atoms with Crippen LogP contribution in [0.4, 0.5) is 5.82 Å². The molecule has 2 heterocycles. The number of nitrogens with zero attached hydrogens (tertiary/aromatic N) is 2. The molecule has 0 atom stereocenters. The zero-order valence-electron chi connectivity index (χ0n) is 10.3. The predicted octanol–water partition coefficient (Wildman–Crippen LogP) is 1.55. The van der Waals surface area contributed by atoms with Crippen LogP contribution in [0.5, 0.6) is 5.88 Å². The van der Waals surface area contributed by atoms with Gasteiger partial charge in [-0.05, 0) is 31.4 Å². The van der Waals surface area contributed by atoms with Gasteiger partial charge in [0.15, 0.2) is 0 Å². The molecule has 1 N–H and O–H groups in total. The van der Waals surface area contributed by atoms with Crippen LogP contribution in [0, 0.1) is 0 Å². The molecule has 0 unspecified atom stereocenters. The van der Waals surface area contributed by atoms with Crippen molar-refractivity contribution in [3.63, 3.8) is 0 Å². The van der Waals surface area contributed by atoms with Gasteiger partial charge in [0, 0.05) is 31.7 Å². The average Bonchev–Trinajstić information content (AvgIpc) is 2.50. The molecule has 1 saturated carbocycles. The number of aromatic nitrogens is 1. The topological polar surface area (TPSA) is 37.4 Å². The molecule has 92 valence electrons. The van der Waals surface area contributed by atoms with E-state index in [0.29, 0.717) is 12.6 Å². The molecule has 4 nitrogen and oxygen atoms in total. The lowest BCUT2D eigenvalue weighted by Crippen LogP contribution is -2.37. The minimum absolute atomic E-state index is 0.671. The molecule has 0 amide bonds. The maximum atomic E-state index is 5.67. The second-order valence-corrected chi connectivity index (χ2v) is 4.85. The molecule has 1 aromatic heterocycles. The smallest absolute Gasteiger partial charge is 0.219 e. The lowest BCUT2D eigenvalue weighted by atomic mass is 9.92.